The Labute approximate surface area is 255 Å². The molecule has 0 spiro atoms. The van der Waals surface area contributed by atoms with Gasteiger partial charge in [-0.25, -0.2) is 4.79 Å². The zero-order valence-electron chi connectivity index (χ0n) is 23.9. The summed E-state index contributed by atoms with van der Waals surface area (Å²) < 4.78 is 5.19. The second-order valence-electron chi connectivity index (χ2n) is 8.30. The molecule has 0 rings (SSSR count). The van der Waals surface area contributed by atoms with Gasteiger partial charge in [0.05, 0.1) is 5.60 Å². The lowest BCUT2D eigenvalue weighted by molar-refractivity contribution is -0.225. The predicted molar refractivity (Wildman–Crippen MR) is 166 cm³/mol. The standard InChI is InChI=1S/C39H20O4/c1-7-8-9-10-11-12-13-14-15-16-17-18-19-20-21-22-23-24-25-26-27-28-29-30-31-32-33-34-35-36(40)43-38(4,5)39(6,42)37(2,3)41/h1,30-31,41-42H,2-6H3. The number of terminal acetylenes is 1. The van der Waals surface area contributed by atoms with E-state index in [1.54, 1.807) is 0 Å². The molecule has 4 heteroatoms. The quantitative estimate of drug-likeness (QED) is 0.313. The van der Waals surface area contributed by atoms with E-state index >= 15 is 0 Å². The number of allylic oxidation sites excluding steroid dienone is 2. The number of rotatable bonds is 3. The van der Waals surface area contributed by atoms with Crippen molar-refractivity contribution in [3.8, 4) is 166 Å². The van der Waals surface area contributed by atoms with Crippen molar-refractivity contribution >= 4 is 5.97 Å². The van der Waals surface area contributed by atoms with Crippen molar-refractivity contribution in [2.75, 3.05) is 0 Å². The van der Waals surface area contributed by atoms with E-state index in [0.717, 1.165) is 0 Å². The highest BCUT2D eigenvalue weighted by molar-refractivity contribution is 5.89. The molecule has 0 amide bonds. The van der Waals surface area contributed by atoms with Gasteiger partial charge in [-0.2, -0.15) is 0 Å². The fourth-order valence-corrected chi connectivity index (χ4v) is 2.04. The van der Waals surface area contributed by atoms with Crippen LogP contribution in [0.25, 0.3) is 0 Å². The Hall–Kier alpha value is -7.03. The first-order chi connectivity index (χ1) is 20.5. The lowest BCUT2D eigenvalue weighted by Crippen LogP contribution is -2.62. The van der Waals surface area contributed by atoms with E-state index in [4.69, 9.17) is 11.2 Å². The largest absolute Gasteiger partial charge is 0.447 e. The lowest BCUT2D eigenvalue weighted by Gasteiger charge is -2.46. The van der Waals surface area contributed by atoms with E-state index in [1.165, 1.54) is 46.8 Å². The molecule has 0 aliphatic rings. The topological polar surface area (TPSA) is 66.8 Å². The molecule has 0 radical (unpaired) electrons. The first-order valence-corrected chi connectivity index (χ1v) is 11.8. The Bertz CT molecular complexity index is 2020. The smallest absolute Gasteiger partial charge is 0.385 e. The molecule has 0 bridgehead atoms. The van der Waals surface area contributed by atoms with Crippen LogP contribution in [0, 0.1) is 166 Å². The lowest BCUT2D eigenvalue weighted by atomic mass is 9.75. The third kappa shape index (κ3) is 18.0. The Kier molecular flexibility index (Phi) is 17.5. The van der Waals surface area contributed by atoms with Gasteiger partial charge in [0.15, 0.2) is 0 Å². The maximum atomic E-state index is 11.9. The molecule has 1 unspecified atom stereocenters. The van der Waals surface area contributed by atoms with Crippen LogP contribution >= 0.6 is 0 Å². The third-order valence-electron chi connectivity index (χ3n) is 4.66. The molecule has 0 saturated carbocycles. The first-order valence-electron chi connectivity index (χ1n) is 11.8. The number of carbonyl (C=O) groups is 1. The molecule has 200 valence electrons. The second-order valence-corrected chi connectivity index (χ2v) is 8.30. The highest BCUT2D eigenvalue weighted by Gasteiger charge is 2.52. The van der Waals surface area contributed by atoms with Crippen LogP contribution in [-0.2, 0) is 9.53 Å². The molecule has 0 heterocycles. The molecule has 43 heavy (non-hydrogen) atoms. The van der Waals surface area contributed by atoms with Crippen LogP contribution in [0.1, 0.15) is 34.6 Å². The summed E-state index contributed by atoms with van der Waals surface area (Å²) in [5.74, 6) is 65.3. The SMILES string of the molecule is C#CC#CC#CC#CC#CC#CC#CC#CC#CC#CC#CC#CC=CC#CC#CC(=O)OC(C)(C)C(C)(O)C(C)(C)O. The summed E-state index contributed by atoms with van der Waals surface area (Å²) in [7, 11) is 0. The Balaban J connectivity index is 4.67. The fraction of sp³-hybridized carbons (Fsp3) is 0.205. The molecule has 0 aliphatic heterocycles. The van der Waals surface area contributed by atoms with E-state index in [0.29, 0.717) is 0 Å². The highest BCUT2D eigenvalue weighted by Crippen LogP contribution is 2.35. The summed E-state index contributed by atoms with van der Waals surface area (Å²) in [4.78, 5) is 11.9. The average molecular weight is 553 g/mol. The molecule has 0 aromatic heterocycles. The van der Waals surface area contributed by atoms with Crippen LogP contribution in [0.4, 0.5) is 0 Å². The summed E-state index contributed by atoms with van der Waals surface area (Å²) in [5, 5.41) is 20.7. The van der Waals surface area contributed by atoms with Gasteiger partial charge in [-0.15, -0.1) is 6.42 Å². The molecular weight excluding hydrogens is 532 g/mol. The Morgan fingerprint density at radius 3 is 1.16 bits per heavy atom. The van der Waals surface area contributed by atoms with Crippen LogP contribution in [0.3, 0.4) is 0 Å². The molecule has 0 aromatic carbocycles. The van der Waals surface area contributed by atoms with Gasteiger partial charge in [0, 0.05) is 41.4 Å². The predicted octanol–water partition coefficient (Wildman–Crippen LogP) is 1.06. The van der Waals surface area contributed by atoms with Gasteiger partial charge in [-0.05, 0) is 153 Å². The van der Waals surface area contributed by atoms with Crippen molar-refractivity contribution in [2.24, 2.45) is 0 Å². The van der Waals surface area contributed by atoms with Crippen LogP contribution in [0.5, 0.6) is 0 Å². The van der Waals surface area contributed by atoms with E-state index in [-0.39, 0.29) is 0 Å². The molecule has 0 saturated heterocycles. The number of aliphatic hydroxyl groups is 2. The van der Waals surface area contributed by atoms with Crippen LogP contribution in [0.2, 0.25) is 0 Å². The Morgan fingerprint density at radius 1 is 0.535 bits per heavy atom. The minimum atomic E-state index is -1.72. The van der Waals surface area contributed by atoms with E-state index in [1.807, 2.05) is 0 Å². The van der Waals surface area contributed by atoms with Gasteiger partial charge in [0.2, 0.25) is 0 Å². The minimum absolute atomic E-state index is 0.892. The van der Waals surface area contributed by atoms with Gasteiger partial charge in [0.1, 0.15) is 11.2 Å². The summed E-state index contributed by atoms with van der Waals surface area (Å²) in [6.07, 6.45) is 7.79. The molecule has 4 nitrogen and oxygen atoms in total. The van der Waals surface area contributed by atoms with Crippen molar-refractivity contribution < 1.29 is 19.7 Å². The monoisotopic (exact) mass is 552 g/mol. The van der Waals surface area contributed by atoms with E-state index in [9.17, 15) is 15.0 Å². The van der Waals surface area contributed by atoms with Crippen molar-refractivity contribution in [1.29, 1.82) is 0 Å². The van der Waals surface area contributed by atoms with Crippen molar-refractivity contribution in [1.82, 2.24) is 0 Å². The average Bonchev–Trinajstić information content (AvgIpc) is 2.93. The maximum absolute atomic E-state index is 11.9. The summed E-state index contributed by atoms with van der Waals surface area (Å²) in [6.45, 7) is 7.15. The van der Waals surface area contributed by atoms with E-state index < -0.39 is 22.8 Å². The first kappa shape index (κ1) is 36.0. The minimum Gasteiger partial charge on any atom is -0.447 e. The van der Waals surface area contributed by atoms with Gasteiger partial charge in [-0.1, -0.05) is 11.8 Å². The molecular formula is C39H20O4. The normalized spacial score (nSPS) is 8.88. The molecule has 0 fully saturated rings. The molecule has 0 aromatic rings. The van der Waals surface area contributed by atoms with Gasteiger partial charge in [0.25, 0.3) is 0 Å². The van der Waals surface area contributed by atoms with Crippen molar-refractivity contribution in [3.05, 3.63) is 12.2 Å². The van der Waals surface area contributed by atoms with Gasteiger partial charge >= 0.3 is 5.97 Å². The fourth-order valence-electron chi connectivity index (χ4n) is 2.04. The van der Waals surface area contributed by atoms with Crippen LogP contribution < -0.4 is 0 Å². The van der Waals surface area contributed by atoms with E-state index in [2.05, 4.69) is 160 Å². The molecule has 2 N–H and O–H groups in total. The zero-order chi connectivity index (χ0) is 32.3. The maximum Gasteiger partial charge on any atom is 0.385 e. The van der Waals surface area contributed by atoms with Crippen LogP contribution in [0.15, 0.2) is 12.2 Å². The number of esters is 1. The Morgan fingerprint density at radius 2 is 0.837 bits per heavy atom. The highest BCUT2D eigenvalue weighted by atomic mass is 16.6. The second kappa shape index (κ2) is 20.9. The van der Waals surface area contributed by atoms with Gasteiger partial charge in [-0.3, -0.25) is 0 Å². The summed E-state index contributed by atoms with van der Waals surface area (Å²) >= 11 is 0. The third-order valence-corrected chi connectivity index (χ3v) is 4.66. The molecule has 0 aliphatic carbocycles. The zero-order valence-corrected chi connectivity index (χ0v) is 23.9. The number of ether oxygens (including phenoxy) is 1. The number of hydrogen-bond acceptors (Lipinski definition) is 4. The van der Waals surface area contributed by atoms with Crippen LogP contribution in [-0.4, -0.2) is 33.0 Å². The van der Waals surface area contributed by atoms with Crippen molar-refractivity contribution in [3.63, 3.8) is 0 Å². The number of hydrogen-bond donors (Lipinski definition) is 2. The van der Waals surface area contributed by atoms with Gasteiger partial charge < -0.3 is 14.9 Å². The van der Waals surface area contributed by atoms with Crippen molar-refractivity contribution in [2.45, 2.75) is 51.4 Å². The molecule has 1 atom stereocenters. The number of carbonyl (C=O) groups excluding carboxylic acids is 1. The summed E-state index contributed by atoms with van der Waals surface area (Å²) in [5.41, 5.74) is -4.64. The summed E-state index contributed by atoms with van der Waals surface area (Å²) in [6, 6.07) is 0.